The molecule has 0 spiro atoms. The number of rotatable bonds is 5. The normalized spacial score (nSPS) is 14.3. The summed E-state index contributed by atoms with van der Waals surface area (Å²) in [4.78, 5) is 47.9. The van der Waals surface area contributed by atoms with E-state index >= 15 is 0 Å². The largest absolute Gasteiger partial charge is 0.461 e. The van der Waals surface area contributed by atoms with Gasteiger partial charge in [0.25, 0.3) is 0 Å². The third kappa shape index (κ3) is 3.51. The van der Waals surface area contributed by atoms with E-state index in [0.717, 1.165) is 16.0 Å². The van der Waals surface area contributed by atoms with Crippen LogP contribution in [-0.2, 0) is 25.7 Å². The van der Waals surface area contributed by atoms with E-state index in [1.807, 2.05) is 26.0 Å². The number of fused-ring (bicyclic) bond motifs is 1. The topological polar surface area (TPSA) is 93.9 Å². The number of esters is 1. The van der Waals surface area contributed by atoms with E-state index in [9.17, 15) is 19.2 Å². The van der Waals surface area contributed by atoms with Crippen LogP contribution in [0.25, 0.3) is 11.0 Å². The molecule has 2 heterocycles. The lowest BCUT2D eigenvalue weighted by atomic mass is 10.0. The van der Waals surface area contributed by atoms with Crippen molar-refractivity contribution < 1.29 is 23.5 Å². The van der Waals surface area contributed by atoms with Gasteiger partial charge in [-0.2, -0.15) is 0 Å². The molecule has 136 valence electrons. The van der Waals surface area contributed by atoms with Crippen LogP contribution in [0.2, 0.25) is 0 Å². The van der Waals surface area contributed by atoms with Crippen molar-refractivity contribution in [2.24, 2.45) is 0 Å². The maximum absolute atomic E-state index is 12.0. The summed E-state index contributed by atoms with van der Waals surface area (Å²) in [5.41, 5.74) is 2.39. The summed E-state index contributed by atoms with van der Waals surface area (Å²) in [6.07, 6.45) is 0.311. The number of hydrogen-bond donors (Lipinski definition) is 0. The fourth-order valence-electron chi connectivity index (χ4n) is 2.95. The van der Waals surface area contributed by atoms with Gasteiger partial charge in [-0.25, -0.2) is 4.79 Å². The second kappa shape index (κ2) is 7.11. The monoisotopic (exact) mass is 357 g/mol. The highest BCUT2D eigenvalue weighted by Gasteiger charge is 2.29. The quantitative estimate of drug-likeness (QED) is 0.461. The van der Waals surface area contributed by atoms with E-state index in [0.29, 0.717) is 16.5 Å². The molecule has 0 atom stereocenters. The van der Waals surface area contributed by atoms with Gasteiger partial charge in [0.05, 0.1) is 6.42 Å². The standard InChI is InChI=1S/C19H19NO6/c1-11-3-4-14-13(9-18(24)26-19(14)12(11)2)10-25-17(23)7-8-20-15(21)5-6-16(20)22/h3-4,9H,5-8,10H2,1-2H3. The summed E-state index contributed by atoms with van der Waals surface area (Å²) < 4.78 is 10.5. The zero-order chi connectivity index (χ0) is 18.8. The molecule has 2 amide bonds. The summed E-state index contributed by atoms with van der Waals surface area (Å²) >= 11 is 0. The van der Waals surface area contributed by atoms with Gasteiger partial charge < -0.3 is 9.15 Å². The van der Waals surface area contributed by atoms with Gasteiger partial charge in [0.1, 0.15) is 12.2 Å². The minimum Gasteiger partial charge on any atom is -0.461 e. The number of aryl methyl sites for hydroxylation is 2. The highest BCUT2D eigenvalue weighted by atomic mass is 16.5. The molecule has 1 fully saturated rings. The lowest BCUT2D eigenvalue weighted by molar-refractivity contribution is -0.146. The van der Waals surface area contributed by atoms with E-state index in [1.54, 1.807) is 0 Å². The molecule has 1 saturated heterocycles. The zero-order valence-electron chi connectivity index (χ0n) is 14.7. The number of benzene rings is 1. The van der Waals surface area contributed by atoms with Gasteiger partial charge in [-0.05, 0) is 25.0 Å². The number of nitrogens with zero attached hydrogens (tertiary/aromatic N) is 1. The third-order valence-electron chi connectivity index (χ3n) is 4.60. The molecule has 1 aromatic carbocycles. The molecule has 0 bridgehead atoms. The van der Waals surface area contributed by atoms with Crippen LogP contribution < -0.4 is 5.63 Å². The molecule has 0 saturated carbocycles. The van der Waals surface area contributed by atoms with Crippen LogP contribution in [0.1, 0.15) is 36.0 Å². The Morgan fingerprint density at radius 3 is 2.54 bits per heavy atom. The van der Waals surface area contributed by atoms with Crippen molar-refractivity contribution in [1.29, 1.82) is 0 Å². The van der Waals surface area contributed by atoms with Crippen LogP contribution in [0.3, 0.4) is 0 Å². The van der Waals surface area contributed by atoms with Gasteiger partial charge in [0, 0.05) is 36.4 Å². The summed E-state index contributed by atoms with van der Waals surface area (Å²) in [5.74, 6) is -1.07. The Hall–Kier alpha value is -2.96. The van der Waals surface area contributed by atoms with Gasteiger partial charge in [-0.3, -0.25) is 19.3 Å². The Kier molecular flexibility index (Phi) is 4.88. The Balaban J connectivity index is 1.69. The fraction of sp³-hybridized carbons (Fsp3) is 0.368. The molecule has 1 aliphatic heterocycles. The highest BCUT2D eigenvalue weighted by Crippen LogP contribution is 2.23. The number of carbonyl (C=O) groups is 3. The predicted molar refractivity (Wildman–Crippen MR) is 92.3 cm³/mol. The van der Waals surface area contributed by atoms with Crippen molar-refractivity contribution in [3.8, 4) is 0 Å². The summed E-state index contributed by atoms with van der Waals surface area (Å²) in [5, 5.41) is 0.713. The second-order valence-corrected chi connectivity index (χ2v) is 6.32. The number of imide groups is 1. The highest BCUT2D eigenvalue weighted by molar-refractivity contribution is 6.02. The Labute approximate surface area is 149 Å². The molecule has 2 aromatic rings. The lowest BCUT2D eigenvalue weighted by Gasteiger charge is -2.13. The van der Waals surface area contributed by atoms with Crippen molar-refractivity contribution in [3.63, 3.8) is 0 Å². The van der Waals surface area contributed by atoms with Gasteiger partial charge in [-0.15, -0.1) is 0 Å². The first-order valence-corrected chi connectivity index (χ1v) is 8.38. The first-order chi connectivity index (χ1) is 12.4. The molecule has 3 rings (SSSR count). The average molecular weight is 357 g/mol. The van der Waals surface area contributed by atoms with Crippen molar-refractivity contribution in [1.82, 2.24) is 4.90 Å². The van der Waals surface area contributed by atoms with Crippen molar-refractivity contribution in [3.05, 3.63) is 45.3 Å². The van der Waals surface area contributed by atoms with Gasteiger partial charge in [0.2, 0.25) is 11.8 Å². The molecule has 0 aliphatic carbocycles. The SMILES string of the molecule is Cc1ccc2c(COC(=O)CCN3C(=O)CCC3=O)cc(=O)oc2c1C. The van der Waals surface area contributed by atoms with Crippen LogP contribution in [-0.4, -0.2) is 29.2 Å². The van der Waals surface area contributed by atoms with E-state index < -0.39 is 11.6 Å². The number of likely N-dealkylation sites (tertiary alicyclic amines) is 1. The molecule has 0 N–H and O–H groups in total. The Morgan fingerprint density at radius 1 is 1.15 bits per heavy atom. The molecule has 1 aliphatic rings. The summed E-state index contributed by atoms with van der Waals surface area (Å²) in [6.45, 7) is 3.72. The van der Waals surface area contributed by atoms with Crippen molar-refractivity contribution >= 4 is 28.8 Å². The lowest BCUT2D eigenvalue weighted by Crippen LogP contribution is -2.31. The van der Waals surface area contributed by atoms with E-state index in [1.165, 1.54) is 6.07 Å². The Morgan fingerprint density at radius 2 is 1.85 bits per heavy atom. The van der Waals surface area contributed by atoms with Crippen molar-refractivity contribution in [2.45, 2.75) is 39.7 Å². The molecular weight excluding hydrogens is 338 g/mol. The van der Waals surface area contributed by atoms with Gasteiger partial charge in [-0.1, -0.05) is 12.1 Å². The number of carbonyl (C=O) groups excluding carboxylic acids is 3. The van der Waals surface area contributed by atoms with Crippen LogP contribution in [0.5, 0.6) is 0 Å². The predicted octanol–water partition coefficient (Wildman–Crippen LogP) is 1.99. The third-order valence-corrected chi connectivity index (χ3v) is 4.60. The number of hydrogen-bond acceptors (Lipinski definition) is 6. The molecule has 0 unspecified atom stereocenters. The maximum Gasteiger partial charge on any atom is 0.336 e. The molecule has 1 aromatic heterocycles. The maximum atomic E-state index is 12.0. The Bertz CT molecular complexity index is 942. The van der Waals surface area contributed by atoms with E-state index in [4.69, 9.17) is 9.15 Å². The number of amides is 2. The first kappa shape index (κ1) is 17.8. The average Bonchev–Trinajstić information content (AvgIpc) is 2.92. The summed E-state index contributed by atoms with van der Waals surface area (Å²) in [6, 6.07) is 5.04. The molecule has 26 heavy (non-hydrogen) atoms. The minimum atomic E-state index is -0.539. The van der Waals surface area contributed by atoms with E-state index in [-0.39, 0.29) is 44.2 Å². The second-order valence-electron chi connectivity index (χ2n) is 6.32. The molecule has 7 heteroatoms. The van der Waals surface area contributed by atoms with Crippen LogP contribution in [0.4, 0.5) is 0 Å². The van der Waals surface area contributed by atoms with Crippen molar-refractivity contribution in [2.75, 3.05) is 6.54 Å². The smallest absolute Gasteiger partial charge is 0.336 e. The molecular formula is C19H19NO6. The van der Waals surface area contributed by atoms with Crippen LogP contribution in [0, 0.1) is 13.8 Å². The minimum absolute atomic E-state index is 0.0203. The van der Waals surface area contributed by atoms with Gasteiger partial charge in [0.15, 0.2) is 0 Å². The zero-order valence-corrected chi connectivity index (χ0v) is 14.7. The molecule has 7 nitrogen and oxygen atoms in total. The molecule has 0 radical (unpaired) electrons. The number of ether oxygens (including phenoxy) is 1. The van der Waals surface area contributed by atoms with Crippen LogP contribution in [0.15, 0.2) is 27.4 Å². The first-order valence-electron chi connectivity index (χ1n) is 8.38. The fourth-order valence-corrected chi connectivity index (χ4v) is 2.95. The van der Waals surface area contributed by atoms with Gasteiger partial charge >= 0.3 is 11.6 Å². The van der Waals surface area contributed by atoms with Crippen LogP contribution >= 0.6 is 0 Å². The summed E-state index contributed by atoms with van der Waals surface area (Å²) in [7, 11) is 0. The van der Waals surface area contributed by atoms with E-state index in [2.05, 4.69) is 0 Å².